The number of hydrogen-bond donors (Lipinski definition) is 0. The van der Waals surface area contributed by atoms with Crippen LogP contribution >= 0.6 is 0 Å². The monoisotopic (exact) mass is 295 g/mol. The summed E-state index contributed by atoms with van der Waals surface area (Å²) in [6, 6.07) is 14.7. The quantitative estimate of drug-likeness (QED) is 0.799. The minimum Gasteiger partial charge on any atom is -0.275 e. The van der Waals surface area contributed by atoms with Gasteiger partial charge in [0.1, 0.15) is 5.82 Å². The van der Waals surface area contributed by atoms with E-state index in [0.717, 1.165) is 10.5 Å². The molecule has 0 radical (unpaired) electrons. The lowest BCUT2D eigenvalue weighted by atomic mass is 10.2. The molecule has 4 heteroatoms. The van der Waals surface area contributed by atoms with Crippen molar-refractivity contribution >= 4 is 11.8 Å². The first-order valence-electron chi connectivity index (χ1n) is 6.70. The van der Waals surface area contributed by atoms with E-state index >= 15 is 0 Å². The second-order valence-corrected chi connectivity index (χ2v) is 4.65. The van der Waals surface area contributed by atoms with Crippen molar-refractivity contribution in [3.63, 3.8) is 0 Å². The molecular weight excluding hydrogens is 281 g/mol. The summed E-state index contributed by atoms with van der Waals surface area (Å²) in [6.07, 6.45) is 0. The number of nitrogens with zero attached hydrogens (tertiary/aromatic N) is 1. The standard InChI is InChI=1S/C18H14FNO2/c1-14(21)20(13-16-5-3-2-4-6-16)18(22)12-9-15-7-10-17(19)11-8-15/h2-8,10-11H,13H2,1H3. The van der Waals surface area contributed by atoms with Crippen molar-refractivity contribution in [2.45, 2.75) is 13.5 Å². The Hall–Kier alpha value is -2.93. The third kappa shape index (κ3) is 4.29. The first-order chi connectivity index (χ1) is 10.6. The largest absolute Gasteiger partial charge is 0.305 e. The summed E-state index contributed by atoms with van der Waals surface area (Å²) < 4.78 is 12.8. The second-order valence-electron chi connectivity index (χ2n) is 4.65. The van der Waals surface area contributed by atoms with Gasteiger partial charge in [-0.25, -0.2) is 4.39 Å². The van der Waals surface area contributed by atoms with Gasteiger partial charge in [0.05, 0.1) is 6.54 Å². The Morgan fingerprint density at radius 2 is 1.68 bits per heavy atom. The second kappa shape index (κ2) is 7.19. The molecule has 0 aromatic heterocycles. The van der Waals surface area contributed by atoms with Crippen molar-refractivity contribution in [1.29, 1.82) is 0 Å². The van der Waals surface area contributed by atoms with Gasteiger partial charge in [-0.3, -0.25) is 14.5 Å². The number of hydrogen-bond acceptors (Lipinski definition) is 2. The molecule has 22 heavy (non-hydrogen) atoms. The number of imide groups is 1. The maximum atomic E-state index is 12.8. The van der Waals surface area contributed by atoms with E-state index in [1.165, 1.54) is 31.2 Å². The first kappa shape index (κ1) is 15.5. The molecule has 2 rings (SSSR count). The molecule has 0 saturated carbocycles. The van der Waals surface area contributed by atoms with Gasteiger partial charge in [-0.1, -0.05) is 36.3 Å². The maximum absolute atomic E-state index is 12.8. The van der Waals surface area contributed by atoms with Crippen molar-refractivity contribution in [3.05, 3.63) is 71.5 Å². The molecule has 0 aliphatic heterocycles. The zero-order valence-electron chi connectivity index (χ0n) is 12.0. The highest BCUT2D eigenvalue weighted by atomic mass is 19.1. The SMILES string of the molecule is CC(=O)N(Cc1ccccc1)C(=O)C#Cc1ccc(F)cc1. The molecule has 0 fully saturated rings. The van der Waals surface area contributed by atoms with Crippen LogP contribution in [0.2, 0.25) is 0 Å². The highest BCUT2D eigenvalue weighted by Gasteiger charge is 2.16. The molecule has 0 unspecified atom stereocenters. The molecule has 110 valence electrons. The van der Waals surface area contributed by atoms with Crippen LogP contribution in [0.3, 0.4) is 0 Å². The fourth-order valence-corrected chi connectivity index (χ4v) is 1.82. The van der Waals surface area contributed by atoms with Crippen molar-refractivity contribution in [3.8, 4) is 11.8 Å². The molecule has 0 bridgehead atoms. The van der Waals surface area contributed by atoms with E-state index in [0.29, 0.717) is 5.56 Å². The van der Waals surface area contributed by atoms with Gasteiger partial charge in [-0.2, -0.15) is 0 Å². The lowest BCUT2D eigenvalue weighted by molar-refractivity contribution is -0.140. The van der Waals surface area contributed by atoms with Gasteiger partial charge < -0.3 is 0 Å². The van der Waals surface area contributed by atoms with Crippen LogP contribution in [0, 0.1) is 17.7 Å². The summed E-state index contributed by atoms with van der Waals surface area (Å²) in [5, 5.41) is 0. The number of benzene rings is 2. The molecule has 0 N–H and O–H groups in total. The van der Waals surface area contributed by atoms with Gasteiger partial charge in [-0.15, -0.1) is 0 Å². The maximum Gasteiger partial charge on any atom is 0.305 e. The van der Waals surface area contributed by atoms with E-state index in [4.69, 9.17) is 0 Å². The lowest BCUT2D eigenvalue weighted by Crippen LogP contribution is -2.33. The Labute approximate surface area is 128 Å². The van der Waals surface area contributed by atoms with Gasteiger partial charge >= 0.3 is 5.91 Å². The molecule has 2 aromatic rings. The van der Waals surface area contributed by atoms with Gasteiger partial charge in [0.15, 0.2) is 0 Å². The topological polar surface area (TPSA) is 37.4 Å². The number of amides is 2. The third-order valence-electron chi connectivity index (χ3n) is 2.97. The highest BCUT2D eigenvalue weighted by Crippen LogP contribution is 2.05. The highest BCUT2D eigenvalue weighted by molar-refractivity contribution is 6.04. The first-order valence-corrected chi connectivity index (χ1v) is 6.70. The van der Waals surface area contributed by atoms with E-state index in [1.807, 2.05) is 30.3 Å². The molecule has 0 heterocycles. The summed E-state index contributed by atoms with van der Waals surface area (Å²) in [4.78, 5) is 24.8. The Morgan fingerprint density at radius 1 is 1.05 bits per heavy atom. The van der Waals surface area contributed by atoms with Crippen LogP contribution < -0.4 is 0 Å². The van der Waals surface area contributed by atoms with Gasteiger partial charge in [-0.05, 0) is 29.8 Å². The zero-order chi connectivity index (χ0) is 15.9. The van der Waals surface area contributed by atoms with E-state index in [-0.39, 0.29) is 18.3 Å². The smallest absolute Gasteiger partial charge is 0.275 e. The summed E-state index contributed by atoms with van der Waals surface area (Å²) in [5.41, 5.74) is 1.35. The fourth-order valence-electron chi connectivity index (χ4n) is 1.82. The molecule has 0 atom stereocenters. The summed E-state index contributed by atoms with van der Waals surface area (Å²) >= 11 is 0. The van der Waals surface area contributed by atoms with Crippen LogP contribution in [0.4, 0.5) is 4.39 Å². The molecule has 3 nitrogen and oxygen atoms in total. The van der Waals surface area contributed by atoms with Gasteiger partial charge in [0, 0.05) is 18.4 Å². The van der Waals surface area contributed by atoms with E-state index in [1.54, 1.807) is 0 Å². The lowest BCUT2D eigenvalue weighted by Gasteiger charge is -2.16. The van der Waals surface area contributed by atoms with E-state index in [9.17, 15) is 14.0 Å². The van der Waals surface area contributed by atoms with Crippen molar-refractivity contribution in [1.82, 2.24) is 4.90 Å². The average Bonchev–Trinajstić information content (AvgIpc) is 2.52. The Bertz CT molecular complexity index is 727. The summed E-state index contributed by atoms with van der Waals surface area (Å²) in [5.74, 6) is 3.72. The zero-order valence-corrected chi connectivity index (χ0v) is 12.0. The summed E-state index contributed by atoms with van der Waals surface area (Å²) in [6.45, 7) is 1.49. The van der Waals surface area contributed by atoms with E-state index < -0.39 is 5.91 Å². The number of carbonyl (C=O) groups excluding carboxylic acids is 2. The molecule has 0 saturated heterocycles. The van der Waals surface area contributed by atoms with Crippen molar-refractivity contribution < 1.29 is 14.0 Å². The molecule has 2 amide bonds. The predicted octanol–water partition coefficient (Wildman–Crippen LogP) is 2.75. The fraction of sp³-hybridized carbons (Fsp3) is 0.111. The van der Waals surface area contributed by atoms with Crippen molar-refractivity contribution in [2.75, 3.05) is 0 Å². The van der Waals surface area contributed by atoms with Gasteiger partial charge in [0.25, 0.3) is 0 Å². The number of rotatable bonds is 2. The average molecular weight is 295 g/mol. The van der Waals surface area contributed by atoms with E-state index in [2.05, 4.69) is 11.8 Å². The normalized spacial score (nSPS) is 9.55. The van der Waals surface area contributed by atoms with Crippen LogP contribution in [0.1, 0.15) is 18.1 Å². The molecule has 0 spiro atoms. The van der Waals surface area contributed by atoms with Crippen LogP contribution in [0.15, 0.2) is 54.6 Å². The number of carbonyl (C=O) groups is 2. The number of halogens is 1. The van der Waals surface area contributed by atoms with Crippen LogP contribution in [0.25, 0.3) is 0 Å². The molecule has 0 aliphatic rings. The molecule has 0 aliphatic carbocycles. The van der Waals surface area contributed by atoms with Crippen LogP contribution in [-0.2, 0) is 16.1 Å². The third-order valence-corrected chi connectivity index (χ3v) is 2.97. The predicted molar refractivity (Wildman–Crippen MR) is 81.0 cm³/mol. The minimum atomic E-state index is -0.583. The molecular formula is C18H14FNO2. The Kier molecular flexibility index (Phi) is 5.05. The molecule has 2 aromatic carbocycles. The summed E-state index contributed by atoms with van der Waals surface area (Å²) in [7, 11) is 0. The van der Waals surface area contributed by atoms with Crippen LogP contribution in [-0.4, -0.2) is 16.7 Å². The van der Waals surface area contributed by atoms with Gasteiger partial charge in [0.2, 0.25) is 5.91 Å². The van der Waals surface area contributed by atoms with Crippen molar-refractivity contribution in [2.24, 2.45) is 0 Å². The Balaban J connectivity index is 2.14. The minimum absolute atomic E-state index is 0.174. The Morgan fingerprint density at radius 3 is 2.27 bits per heavy atom. The van der Waals surface area contributed by atoms with Crippen LogP contribution in [0.5, 0.6) is 0 Å².